The maximum atomic E-state index is 6.65. The summed E-state index contributed by atoms with van der Waals surface area (Å²) >= 11 is -3.28. The second kappa shape index (κ2) is 6.24. The molecule has 0 spiro atoms. The molecular weight excluding hydrogens is 399 g/mol. The van der Waals surface area contributed by atoms with E-state index in [9.17, 15) is 0 Å². The number of ether oxygens (including phenoxy) is 2. The van der Waals surface area contributed by atoms with E-state index in [-0.39, 0.29) is 0 Å². The number of hydrogen-bond donors (Lipinski definition) is 0. The molecular formula is C14H14Cl2O2Te. The molecule has 0 N–H and O–H groups in total. The third-order valence-electron chi connectivity index (χ3n) is 2.71. The molecule has 0 saturated heterocycles. The molecule has 0 bridgehead atoms. The van der Waals surface area contributed by atoms with Crippen molar-refractivity contribution in [3.8, 4) is 11.5 Å². The first-order chi connectivity index (χ1) is 9.07. The first-order valence-corrected chi connectivity index (χ1v) is 13.8. The molecule has 0 aliphatic carbocycles. The molecule has 0 radical (unpaired) electrons. The van der Waals surface area contributed by atoms with Gasteiger partial charge in [-0.2, -0.15) is 0 Å². The average Bonchev–Trinajstić information content (AvgIpc) is 2.47. The summed E-state index contributed by atoms with van der Waals surface area (Å²) in [5.41, 5.74) is 0. The van der Waals surface area contributed by atoms with E-state index in [0.29, 0.717) is 0 Å². The Morgan fingerprint density at radius 2 is 1.00 bits per heavy atom. The second-order valence-corrected chi connectivity index (χ2v) is 16.5. The van der Waals surface area contributed by atoms with Gasteiger partial charge in [-0.15, -0.1) is 0 Å². The standard InChI is InChI=1S/C14H14Cl2O2Te/c1-17-11-3-7-13(8-4-11)19(15,16)14-9-5-12(18-2)6-10-14/h3-10H,1-2H3. The average molecular weight is 413 g/mol. The Balaban J connectivity index is 2.33. The minimum absolute atomic E-state index is 0.797. The molecule has 2 rings (SSSR count). The summed E-state index contributed by atoms with van der Waals surface area (Å²) in [6.07, 6.45) is 0. The molecule has 2 aromatic carbocycles. The number of methoxy groups -OCH3 is 2. The fourth-order valence-electron chi connectivity index (χ4n) is 1.63. The first kappa shape index (κ1) is 14.8. The van der Waals surface area contributed by atoms with Gasteiger partial charge in [0.1, 0.15) is 0 Å². The second-order valence-electron chi connectivity index (χ2n) is 3.82. The van der Waals surface area contributed by atoms with Gasteiger partial charge in [0.2, 0.25) is 0 Å². The van der Waals surface area contributed by atoms with Gasteiger partial charge in [-0.1, -0.05) is 0 Å². The number of rotatable bonds is 4. The Morgan fingerprint density at radius 3 is 1.26 bits per heavy atom. The van der Waals surface area contributed by atoms with Crippen molar-refractivity contribution < 1.29 is 9.47 Å². The fraction of sp³-hybridized carbons (Fsp3) is 0.143. The monoisotopic (exact) mass is 414 g/mol. The van der Waals surface area contributed by atoms with Crippen molar-refractivity contribution in [2.75, 3.05) is 14.2 Å². The zero-order valence-corrected chi connectivity index (χ0v) is 14.4. The van der Waals surface area contributed by atoms with Crippen LogP contribution in [0.4, 0.5) is 0 Å². The normalized spacial score (nSPS) is 12.0. The zero-order valence-electron chi connectivity index (χ0n) is 10.6. The summed E-state index contributed by atoms with van der Waals surface area (Å²) < 4.78 is 12.2. The Kier molecular flexibility index (Phi) is 4.86. The Hall–Kier alpha value is -0.590. The fourth-order valence-corrected chi connectivity index (χ4v) is 7.89. The number of benzene rings is 2. The van der Waals surface area contributed by atoms with E-state index in [1.54, 1.807) is 14.2 Å². The molecule has 5 heteroatoms. The third-order valence-corrected chi connectivity index (χ3v) is 12.4. The molecule has 0 fully saturated rings. The van der Waals surface area contributed by atoms with Gasteiger partial charge in [0, 0.05) is 0 Å². The molecule has 0 aromatic heterocycles. The van der Waals surface area contributed by atoms with Crippen LogP contribution in [-0.4, -0.2) is 30.2 Å². The van der Waals surface area contributed by atoms with Crippen molar-refractivity contribution in [1.82, 2.24) is 0 Å². The van der Waals surface area contributed by atoms with Crippen molar-refractivity contribution in [1.29, 1.82) is 0 Å². The van der Waals surface area contributed by atoms with Gasteiger partial charge in [0.25, 0.3) is 0 Å². The van der Waals surface area contributed by atoms with Gasteiger partial charge in [0.15, 0.2) is 0 Å². The molecule has 0 aliphatic heterocycles. The maximum absolute atomic E-state index is 6.65. The van der Waals surface area contributed by atoms with Crippen LogP contribution in [0, 0.1) is 0 Å². The van der Waals surface area contributed by atoms with Crippen LogP contribution in [0.15, 0.2) is 48.5 Å². The van der Waals surface area contributed by atoms with Crippen LogP contribution in [0.5, 0.6) is 11.5 Å². The third kappa shape index (κ3) is 3.30. The summed E-state index contributed by atoms with van der Waals surface area (Å²) in [6, 6.07) is 15.3. The summed E-state index contributed by atoms with van der Waals surface area (Å²) in [5.74, 6) is 1.59. The van der Waals surface area contributed by atoms with Gasteiger partial charge >= 0.3 is 125 Å². The summed E-state index contributed by atoms with van der Waals surface area (Å²) in [6.45, 7) is 0. The Morgan fingerprint density at radius 1 is 0.684 bits per heavy atom. The van der Waals surface area contributed by atoms with Gasteiger partial charge in [-0.3, -0.25) is 0 Å². The van der Waals surface area contributed by atoms with E-state index in [4.69, 9.17) is 27.4 Å². The van der Waals surface area contributed by atoms with E-state index < -0.39 is 15.9 Å². The number of halogens is 2. The van der Waals surface area contributed by atoms with E-state index in [1.807, 2.05) is 48.5 Å². The van der Waals surface area contributed by atoms with E-state index in [1.165, 1.54) is 0 Å². The number of hydrogen-bond acceptors (Lipinski definition) is 2. The summed E-state index contributed by atoms with van der Waals surface area (Å²) in [4.78, 5) is 0. The van der Waals surface area contributed by atoms with Crippen molar-refractivity contribution in [2.45, 2.75) is 0 Å². The predicted octanol–water partition coefficient (Wildman–Crippen LogP) is 2.74. The van der Waals surface area contributed by atoms with Crippen molar-refractivity contribution in [3.63, 3.8) is 0 Å². The van der Waals surface area contributed by atoms with Crippen molar-refractivity contribution >= 4 is 41.1 Å². The predicted molar refractivity (Wildman–Crippen MR) is 82.7 cm³/mol. The molecule has 0 unspecified atom stereocenters. The van der Waals surface area contributed by atoms with Crippen LogP contribution < -0.4 is 16.7 Å². The quantitative estimate of drug-likeness (QED) is 0.719. The molecule has 2 aromatic rings. The topological polar surface area (TPSA) is 18.5 Å². The first-order valence-electron chi connectivity index (χ1n) is 5.58. The summed E-state index contributed by atoms with van der Waals surface area (Å²) in [5, 5.41) is 0. The molecule has 0 heterocycles. The van der Waals surface area contributed by atoms with Crippen LogP contribution in [0.25, 0.3) is 0 Å². The van der Waals surface area contributed by atoms with Gasteiger partial charge in [0.05, 0.1) is 0 Å². The van der Waals surface area contributed by atoms with E-state index >= 15 is 0 Å². The van der Waals surface area contributed by atoms with E-state index in [0.717, 1.165) is 18.7 Å². The summed E-state index contributed by atoms with van der Waals surface area (Å²) in [7, 11) is 16.6. The Labute approximate surface area is 124 Å². The van der Waals surface area contributed by atoms with Crippen molar-refractivity contribution in [2.24, 2.45) is 0 Å². The Bertz CT molecular complexity index is 489. The molecule has 0 saturated carbocycles. The van der Waals surface area contributed by atoms with Crippen LogP contribution >= 0.6 is 17.9 Å². The zero-order chi connectivity index (χ0) is 13.9. The molecule has 19 heavy (non-hydrogen) atoms. The molecule has 0 aliphatic rings. The molecule has 0 atom stereocenters. The van der Waals surface area contributed by atoms with Crippen LogP contribution in [0.1, 0.15) is 0 Å². The van der Waals surface area contributed by atoms with Gasteiger partial charge in [-0.25, -0.2) is 0 Å². The molecule has 102 valence electrons. The van der Waals surface area contributed by atoms with Crippen LogP contribution in [0.2, 0.25) is 0 Å². The van der Waals surface area contributed by atoms with Gasteiger partial charge < -0.3 is 0 Å². The minimum atomic E-state index is -3.28. The molecule has 2 nitrogen and oxygen atoms in total. The van der Waals surface area contributed by atoms with Crippen LogP contribution in [0.3, 0.4) is 0 Å². The molecule has 0 amide bonds. The van der Waals surface area contributed by atoms with E-state index in [2.05, 4.69) is 0 Å². The van der Waals surface area contributed by atoms with Gasteiger partial charge in [-0.05, 0) is 0 Å². The SMILES string of the molecule is COc1ccc([Te](Cl)(Cl)c2ccc(OC)cc2)cc1. The van der Waals surface area contributed by atoms with Crippen molar-refractivity contribution in [3.05, 3.63) is 48.5 Å². The van der Waals surface area contributed by atoms with Crippen LogP contribution in [-0.2, 0) is 0 Å².